The van der Waals surface area contributed by atoms with E-state index in [9.17, 15) is 0 Å². The van der Waals surface area contributed by atoms with Gasteiger partial charge < -0.3 is 5.32 Å². The molecule has 1 saturated heterocycles. The Bertz CT molecular complexity index is 424. The van der Waals surface area contributed by atoms with Crippen LogP contribution in [-0.4, -0.2) is 39.9 Å². The number of hydrogen-bond donors (Lipinski definition) is 1. The van der Waals surface area contributed by atoms with E-state index in [1.807, 2.05) is 0 Å². The molecular formula is C17H32N4. The van der Waals surface area contributed by atoms with Gasteiger partial charge in [-0.3, -0.25) is 9.58 Å². The summed E-state index contributed by atoms with van der Waals surface area (Å²) in [4.78, 5) is 2.60. The molecule has 120 valence electrons. The zero-order valence-corrected chi connectivity index (χ0v) is 14.3. The molecule has 4 heteroatoms. The molecule has 2 unspecified atom stereocenters. The second kappa shape index (κ2) is 7.41. The lowest BCUT2D eigenvalue weighted by molar-refractivity contribution is 0.187. The van der Waals surface area contributed by atoms with Crippen LogP contribution < -0.4 is 5.32 Å². The molecule has 1 aliphatic rings. The summed E-state index contributed by atoms with van der Waals surface area (Å²) in [7, 11) is 0. The van der Waals surface area contributed by atoms with Crippen LogP contribution in [0.1, 0.15) is 59.2 Å². The molecule has 1 aromatic heterocycles. The standard InChI is InChI=1S/C17H32N4/c1-13(2)10-17-12-20(15(5)6-8-18-17)11-16-7-9-21(19-16)14(3)4/h7,9,13-15,17-18H,6,8,10-12H2,1-5H3. The summed E-state index contributed by atoms with van der Waals surface area (Å²) in [5.74, 6) is 0.748. The molecule has 1 aliphatic heterocycles. The minimum Gasteiger partial charge on any atom is -0.313 e. The van der Waals surface area contributed by atoms with Gasteiger partial charge in [0.05, 0.1) is 5.69 Å². The van der Waals surface area contributed by atoms with Gasteiger partial charge in [-0.15, -0.1) is 0 Å². The molecule has 2 heterocycles. The van der Waals surface area contributed by atoms with Crippen molar-refractivity contribution < 1.29 is 0 Å². The van der Waals surface area contributed by atoms with E-state index in [0.29, 0.717) is 18.1 Å². The van der Waals surface area contributed by atoms with Gasteiger partial charge in [0, 0.05) is 37.4 Å². The normalized spacial score (nSPS) is 24.7. The van der Waals surface area contributed by atoms with Crippen LogP contribution in [0.4, 0.5) is 0 Å². The van der Waals surface area contributed by atoms with Gasteiger partial charge in [0.1, 0.15) is 0 Å². The molecule has 2 atom stereocenters. The molecular weight excluding hydrogens is 260 g/mol. The van der Waals surface area contributed by atoms with E-state index in [-0.39, 0.29) is 0 Å². The molecule has 1 fully saturated rings. The summed E-state index contributed by atoms with van der Waals surface area (Å²) in [6.07, 6.45) is 4.58. The summed E-state index contributed by atoms with van der Waals surface area (Å²) in [6, 6.07) is 3.85. The van der Waals surface area contributed by atoms with Crippen LogP contribution in [0.25, 0.3) is 0 Å². The zero-order chi connectivity index (χ0) is 15.4. The smallest absolute Gasteiger partial charge is 0.0765 e. The highest BCUT2D eigenvalue weighted by molar-refractivity contribution is 5.00. The van der Waals surface area contributed by atoms with Crippen molar-refractivity contribution >= 4 is 0 Å². The van der Waals surface area contributed by atoms with E-state index < -0.39 is 0 Å². The van der Waals surface area contributed by atoms with Gasteiger partial charge in [-0.25, -0.2) is 0 Å². The van der Waals surface area contributed by atoms with Gasteiger partial charge in [-0.1, -0.05) is 13.8 Å². The predicted molar refractivity (Wildman–Crippen MR) is 88.3 cm³/mol. The molecule has 1 aromatic rings. The maximum Gasteiger partial charge on any atom is 0.0765 e. The van der Waals surface area contributed by atoms with E-state index in [4.69, 9.17) is 5.10 Å². The van der Waals surface area contributed by atoms with Crippen LogP contribution in [0, 0.1) is 5.92 Å². The van der Waals surface area contributed by atoms with Crippen molar-refractivity contribution in [3.63, 3.8) is 0 Å². The predicted octanol–water partition coefficient (Wildman–Crippen LogP) is 3.06. The fraction of sp³-hybridized carbons (Fsp3) is 0.824. The Morgan fingerprint density at radius 1 is 1.33 bits per heavy atom. The molecule has 2 rings (SSSR count). The number of nitrogens with one attached hydrogen (secondary N) is 1. The Morgan fingerprint density at radius 3 is 2.71 bits per heavy atom. The van der Waals surface area contributed by atoms with Crippen molar-refractivity contribution in [2.24, 2.45) is 5.92 Å². The molecule has 0 saturated carbocycles. The fourth-order valence-electron chi connectivity index (χ4n) is 3.11. The van der Waals surface area contributed by atoms with Gasteiger partial charge >= 0.3 is 0 Å². The first-order valence-corrected chi connectivity index (χ1v) is 8.47. The SMILES string of the molecule is CC(C)CC1CN(Cc2ccn(C(C)C)n2)C(C)CCN1. The average Bonchev–Trinajstić information content (AvgIpc) is 2.79. The number of aromatic nitrogens is 2. The van der Waals surface area contributed by atoms with Crippen LogP contribution in [0.2, 0.25) is 0 Å². The van der Waals surface area contributed by atoms with Crippen LogP contribution in [0.15, 0.2) is 12.3 Å². The summed E-state index contributed by atoms with van der Waals surface area (Å²) in [5, 5.41) is 8.42. The van der Waals surface area contributed by atoms with Crippen molar-refractivity contribution in [2.75, 3.05) is 13.1 Å². The highest BCUT2D eigenvalue weighted by atomic mass is 15.3. The Balaban J connectivity index is 2.00. The summed E-state index contributed by atoms with van der Waals surface area (Å²) in [6.45, 7) is 14.6. The lowest BCUT2D eigenvalue weighted by atomic mass is 10.0. The van der Waals surface area contributed by atoms with Crippen LogP contribution in [0.3, 0.4) is 0 Å². The Hall–Kier alpha value is -0.870. The highest BCUT2D eigenvalue weighted by Gasteiger charge is 2.24. The number of hydrogen-bond acceptors (Lipinski definition) is 3. The molecule has 0 spiro atoms. The van der Waals surface area contributed by atoms with Crippen molar-refractivity contribution in [1.29, 1.82) is 0 Å². The summed E-state index contributed by atoms with van der Waals surface area (Å²) < 4.78 is 2.06. The van der Waals surface area contributed by atoms with Crippen LogP contribution >= 0.6 is 0 Å². The molecule has 0 amide bonds. The third kappa shape index (κ3) is 4.82. The molecule has 0 aromatic carbocycles. The van der Waals surface area contributed by atoms with Crippen molar-refractivity contribution in [1.82, 2.24) is 20.0 Å². The topological polar surface area (TPSA) is 33.1 Å². The Kier molecular flexibility index (Phi) is 5.82. The van der Waals surface area contributed by atoms with Gasteiger partial charge in [0.15, 0.2) is 0 Å². The molecule has 1 N–H and O–H groups in total. The number of rotatable bonds is 5. The molecule has 0 bridgehead atoms. The quantitative estimate of drug-likeness (QED) is 0.905. The summed E-state index contributed by atoms with van der Waals surface area (Å²) >= 11 is 0. The lowest BCUT2D eigenvalue weighted by Gasteiger charge is -2.29. The molecule has 0 radical (unpaired) electrons. The maximum atomic E-state index is 4.71. The third-order valence-corrected chi connectivity index (χ3v) is 4.39. The van der Waals surface area contributed by atoms with Gasteiger partial charge in [0.2, 0.25) is 0 Å². The highest BCUT2D eigenvalue weighted by Crippen LogP contribution is 2.17. The zero-order valence-electron chi connectivity index (χ0n) is 14.3. The summed E-state index contributed by atoms with van der Waals surface area (Å²) in [5.41, 5.74) is 1.20. The van der Waals surface area contributed by atoms with Gasteiger partial charge in [-0.05, 0) is 52.1 Å². The average molecular weight is 292 g/mol. The first kappa shape index (κ1) is 16.5. The van der Waals surface area contributed by atoms with E-state index in [1.165, 1.54) is 18.5 Å². The molecule has 0 aliphatic carbocycles. The Morgan fingerprint density at radius 2 is 2.10 bits per heavy atom. The van der Waals surface area contributed by atoms with E-state index in [2.05, 4.69) is 61.8 Å². The minimum absolute atomic E-state index is 0.440. The molecule has 21 heavy (non-hydrogen) atoms. The lowest BCUT2D eigenvalue weighted by Crippen LogP contribution is -2.40. The van der Waals surface area contributed by atoms with Gasteiger partial charge in [0.25, 0.3) is 0 Å². The number of nitrogens with zero attached hydrogens (tertiary/aromatic N) is 3. The van der Waals surface area contributed by atoms with E-state index in [1.54, 1.807) is 0 Å². The largest absolute Gasteiger partial charge is 0.313 e. The van der Waals surface area contributed by atoms with Crippen molar-refractivity contribution in [2.45, 2.75) is 72.1 Å². The molecule has 4 nitrogen and oxygen atoms in total. The van der Waals surface area contributed by atoms with E-state index in [0.717, 1.165) is 25.6 Å². The second-order valence-electron chi connectivity index (χ2n) is 7.23. The fourth-order valence-corrected chi connectivity index (χ4v) is 3.11. The first-order chi connectivity index (χ1) is 9.95. The van der Waals surface area contributed by atoms with Crippen molar-refractivity contribution in [3.8, 4) is 0 Å². The van der Waals surface area contributed by atoms with E-state index >= 15 is 0 Å². The maximum absolute atomic E-state index is 4.71. The minimum atomic E-state index is 0.440. The third-order valence-electron chi connectivity index (χ3n) is 4.39. The van der Waals surface area contributed by atoms with Crippen LogP contribution in [-0.2, 0) is 6.54 Å². The van der Waals surface area contributed by atoms with Crippen molar-refractivity contribution in [3.05, 3.63) is 18.0 Å². The first-order valence-electron chi connectivity index (χ1n) is 8.47. The van der Waals surface area contributed by atoms with Gasteiger partial charge in [-0.2, -0.15) is 5.10 Å². The second-order valence-corrected chi connectivity index (χ2v) is 7.23. The monoisotopic (exact) mass is 292 g/mol. The Labute approximate surface area is 129 Å². The van der Waals surface area contributed by atoms with Crippen LogP contribution in [0.5, 0.6) is 0 Å².